The monoisotopic (exact) mass is 349 g/mol. The second-order valence-electron chi connectivity index (χ2n) is 6.12. The van der Waals surface area contributed by atoms with E-state index >= 15 is 0 Å². The predicted molar refractivity (Wildman–Crippen MR) is 90.9 cm³/mol. The first-order chi connectivity index (χ1) is 11.9. The van der Waals surface area contributed by atoms with Crippen molar-refractivity contribution in [1.29, 1.82) is 0 Å². The molecular weight excluding hydrogens is 326 g/mol. The van der Waals surface area contributed by atoms with Gasteiger partial charge < -0.3 is 14.8 Å². The number of amides is 1. The standard InChI is InChI=1S/C17H23N3O5/c1-10(2)14(15(21)19-24)20-16(22)13(18-17(20)23)8-7-11-5-4-6-12(9-11)25-3/h4-6,9-10,14,22,24H,7-8H2,1-3H3,(H,18,23)(H,19,21). The van der Waals surface area contributed by atoms with Gasteiger partial charge in [-0.3, -0.25) is 14.6 Å². The molecule has 0 spiro atoms. The van der Waals surface area contributed by atoms with Gasteiger partial charge in [0.1, 0.15) is 11.8 Å². The van der Waals surface area contributed by atoms with Crippen LogP contribution in [0.4, 0.5) is 0 Å². The molecule has 1 heterocycles. The zero-order chi connectivity index (χ0) is 18.6. The lowest BCUT2D eigenvalue weighted by atomic mass is 10.0. The molecule has 0 radical (unpaired) electrons. The highest BCUT2D eigenvalue weighted by atomic mass is 16.5. The van der Waals surface area contributed by atoms with Crippen LogP contribution in [-0.2, 0) is 17.6 Å². The Hall–Kier alpha value is -2.74. The molecule has 136 valence electrons. The number of aromatic amines is 1. The molecule has 4 N–H and O–H groups in total. The molecule has 25 heavy (non-hydrogen) atoms. The number of imidazole rings is 1. The number of benzene rings is 1. The summed E-state index contributed by atoms with van der Waals surface area (Å²) in [6.07, 6.45) is 0.954. The van der Waals surface area contributed by atoms with Crippen LogP contribution in [-0.4, -0.2) is 32.9 Å². The van der Waals surface area contributed by atoms with Crippen molar-refractivity contribution in [3.05, 3.63) is 46.0 Å². The van der Waals surface area contributed by atoms with E-state index in [1.165, 1.54) is 0 Å². The minimum atomic E-state index is -1.01. The Morgan fingerprint density at radius 3 is 2.68 bits per heavy atom. The van der Waals surface area contributed by atoms with Gasteiger partial charge in [-0.2, -0.15) is 0 Å². The van der Waals surface area contributed by atoms with E-state index in [1.54, 1.807) is 26.4 Å². The molecule has 2 rings (SSSR count). The molecule has 0 aliphatic carbocycles. The number of hydrogen-bond donors (Lipinski definition) is 4. The quantitative estimate of drug-likeness (QED) is 0.445. The normalized spacial score (nSPS) is 12.2. The third-order valence-corrected chi connectivity index (χ3v) is 4.06. The second-order valence-corrected chi connectivity index (χ2v) is 6.12. The number of rotatable bonds is 7. The maximum atomic E-state index is 12.2. The van der Waals surface area contributed by atoms with Crippen LogP contribution in [0.15, 0.2) is 29.1 Å². The van der Waals surface area contributed by atoms with E-state index in [0.717, 1.165) is 15.9 Å². The molecule has 0 aliphatic rings. The molecule has 1 unspecified atom stereocenters. The van der Waals surface area contributed by atoms with Gasteiger partial charge in [-0.05, 0) is 36.5 Å². The Morgan fingerprint density at radius 2 is 2.08 bits per heavy atom. The maximum absolute atomic E-state index is 12.2. The highest BCUT2D eigenvalue weighted by molar-refractivity contribution is 5.79. The van der Waals surface area contributed by atoms with Crippen molar-refractivity contribution in [2.75, 3.05) is 7.11 Å². The predicted octanol–water partition coefficient (Wildman–Crippen LogP) is 1.38. The van der Waals surface area contributed by atoms with Crippen LogP contribution in [0.25, 0.3) is 0 Å². The summed E-state index contributed by atoms with van der Waals surface area (Å²) in [6, 6.07) is 6.48. The first kappa shape index (κ1) is 18.6. The lowest BCUT2D eigenvalue weighted by Crippen LogP contribution is -2.37. The number of aromatic nitrogens is 2. The van der Waals surface area contributed by atoms with Gasteiger partial charge in [0.05, 0.1) is 12.8 Å². The van der Waals surface area contributed by atoms with E-state index in [0.29, 0.717) is 18.5 Å². The van der Waals surface area contributed by atoms with Gasteiger partial charge in [-0.1, -0.05) is 26.0 Å². The van der Waals surface area contributed by atoms with Crippen LogP contribution < -0.4 is 15.9 Å². The van der Waals surface area contributed by atoms with Gasteiger partial charge in [0.15, 0.2) is 0 Å². The van der Waals surface area contributed by atoms with E-state index in [-0.39, 0.29) is 11.8 Å². The Labute approximate surface area is 145 Å². The second kappa shape index (κ2) is 7.89. The first-order valence-corrected chi connectivity index (χ1v) is 7.98. The van der Waals surface area contributed by atoms with Crippen molar-refractivity contribution in [3.63, 3.8) is 0 Å². The van der Waals surface area contributed by atoms with Crippen LogP contribution in [0.3, 0.4) is 0 Å². The fourth-order valence-electron chi connectivity index (χ4n) is 2.80. The molecule has 8 nitrogen and oxygen atoms in total. The van der Waals surface area contributed by atoms with Gasteiger partial charge in [0.2, 0.25) is 5.88 Å². The van der Waals surface area contributed by atoms with Crippen molar-refractivity contribution in [3.8, 4) is 11.6 Å². The number of H-pyrrole nitrogens is 1. The van der Waals surface area contributed by atoms with Crippen LogP contribution in [0.1, 0.15) is 31.1 Å². The lowest BCUT2D eigenvalue weighted by molar-refractivity contribution is -0.134. The van der Waals surface area contributed by atoms with E-state index in [2.05, 4.69) is 4.98 Å². The number of methoxy groups -OCH3 is 1. The molecular formula is C17H23N3O5. The number of aromatic hydroxyl groups is 1. The summed E-state index contributed by atoms with van der Waals surface area (Å²) in [6.45, 7) is 3.43. The van der Waals surface area contributed by atoms with Gasteiger partial charge in [0.25, 0.3) is 5.91 Å². The minimum Gasteiger partial charge on any atom is -0.497 e. The van der Waals surface area contributed by atoms with Gasteiger partial charge >= 0.3 is 5.69 Å². The highest BCUT2D eigenvalue weighted by Gasteiger charge is 2.29. The van der Waals surface area contributed by atoms with Gasteiger partial charge in [-0.15, -0.1) is 0 Å². The SMILES string of the molecule is COc1cccc(CCc2[nH]c(=O)n(C(C(=O)NO)C(C)C)c2O)c1. The Morgan fingerprint density at radius 1 is 1.36 bits per heavy atom. The van der Waals surface area contributed by atoms with E-state index < -0.39 is 17.6 Å². The number of ether oxygens (including phenoxy) is 1. The molecule has 1 amide bonds. The number of hydrogen-bond acceptors (Lipinski definition) is 5. The topological polar surface area (TPSA) is 117 Å². The third kappa shape index (κ3) is 4.03. The van der Waals surface area contributed by atoms with Crippen molar-refractivity contribution in [2.45, 2.75) is 32.7 Å². The summed E-state index contributed by atoms with van der Waals surface area (Å²) in [4.78, 5) is 26.7. The summed E-state index contributed by atoms with van der Waals surface area (Å²) in [7, 11) is 1.58. The number of nitrogens with one attached hydrogen (secondary N) is 2. The molecule has 0 saturated carbocycles. The summed E-state index contributed by atoms with van der Waals surface area (Å²) < 4.78 is 6.14. The molecule has 1 aromatic heterocycles. The first-order valence-electron chi connectivity index (χ1n) is 7.98. The molecule has 2 aromatic rings. The molecule has 0 saturated heterocycles. The Bertz CT molecular complexity index is 794. The van der Waals surface area contributed by atoms with E-state index in [1.807, 2.05) is 24.3 Å². The van der Waals surface area contributed by atoms with Crippen molar-refractivity contribution >= 4 is 5.91 Å². The Balaban J connectivity index is 2.26. The van der Waals surface area contributed by atoms with Gasteiger partial charge in [-0.25, -0.2) is 10.3 Å². The summed E-state index contributed by atoms with van der Waals surface area (Å²) in [5.41, 5.74) is 2.27. The highest BCUT2D eigenvalue weighted by Crippen LogP contribution is 2.25. The minimum absolute atomic E-state index is 0.296. The molecule has 8 heteroatoms. The average molecular weight is 349 g/mol. The summed E-state index contributed by atoms with van der Waals surface area (Å²) in [5.74, 6) is -0.633. The smallest absolute Gasteiger partial charge is 0.329 e. The average Bonchev–Trinajstić information content (AvgIpc) is 2.87. The molecule has 0 fully saturated rings. The zero-order valence-electron chi connectivity index (χ0n) is 14.4. The number of carbonyl (C=O) groups excluding carboxylic acids is 1. The fraction of sp³-hybridized carbons (Fsp3) is 0.412. The molecule has 1 atom stereocenters. The molecule has 1 aromatic carbocycles. The van der Waals surface area contributed by atoms with Crippen molar-refractivity contribution in [1.82, 2.24) is 15.0 Å². The number of aryl methyl sites for hydroxylation is 2. The number of hydroxylamine groups is 1. The zero-order valence-corrected chi connectivity index (χ0v) is 14.4. The van der Waals surface area contributed by atoms with Crippen LogP contribution in [0.5, 0.6) is 11.6 Å². The number of nitrogens with zero attached hydrogens (tertiary/aromatic N) is 1. The molecule has 0 bridgehead atoms. The maximum Gasteiger partial charge on any atom is 0.329 e. The largest absolute Gasteiger partial charge is 0.497 e. The van der Waals surface area contributed by atoms with Crippen LogP contribution >= 0.6 is 0 Å². The van der Waals surface area contributed by atoms with Gasteiger partial charge in [0, 0.05) is 0 Å². The van der Waals surface area contributed by atoms with E-state index in [9.17, 15) is 14.7 Å². The summed E-state index contributed by atoms with van der Waals surface area (Å²) in [5, 5.41) is 19.3. The van der Waals surface area contributed by atoms with Crippen LogP contribution in [0, 0.1) is 5.92 Å². The summed E-state index contributed by atoms with van der Waals surface area (Å²) >= 11 is 0. The molecule has 0 aliphatic heterocycles. The van der Waals surface area contributed by atoms with Crippen molar-refractivity contribution in [2.24, 2.45) is 5.92 Å². The lowest BCUT2D eigenvalue weighted by Gasteiger charge is -2.19. The van der Waals surface area contributed by atoms with E-state index in [4.69, 9.17) is 9.94 Å². The third-order valence-electron chi connectivity index (χ3n) is 4.06. The Kier molecular flexibility index (Phi) is 5.87. The number of carbonyl (C=O) groups is 1. The van der Waals surface area contributed by atoms with Crippen molar-refractivity contribution < 1.29 is 19.8 Å². The van der Waals surface area contributed by atoms with Crippen LogP contribution in [0.2, 0.25) is 0 Å². The fourth-order valence-corrected chi connectivity index (χ4v) is 2.80.